The van der Waals surface area contributed by atoms with Crippen LogP contribution in [0.3, 0.4) is 0 Å². The lowest BCUT2D eigenvalue weighted by Crippen LogP contribution is -2.53. The molecule has 4 heterocycles. The molecule has 0 spiro atoms. The van der Waals surface area contributed by atoms with Crippen molar-refractivity contribution in [3.05, 3.63) is 41.6 Å². The molecule has 6 heteroatoms. The van der Waals surface area contributed by atoms with Gasteiger partial charge < -0.3 is 4.90 Å². The number of aryl methyl sites for hydroxylation is 1. The molecule has 3 saturated heterocycles. The molecule has 0 radical (unpaired) electrons. The van der Waals surface area contributed by atoms with Crippen LogP contribution in [0.5, 0.6) is 0 Å². The molecule has 2 bridgehead atoms. The maximum atomic E-state index is 13.5. The number of piperidine rings is 1. The molecule has 2 aromatic rings. The number of carbonyl (C=O) groups is 3. The molecule has 3 fully saturated rings. The molecule has 3 aliphatic heterocycles. The van der Waals surface area contributed by atoms with Crippen molar-refractivity contribution in [3.8, 4) is 0 Å². The van der Waals surface area contributed by atoms with Crippen LogP contribution in [-0.2, 0) is 9.59 Å². The quantitative estimate of drug-likeness (QED) is 0.755. The van der Waals surface area contributed by atoms with Crippen LogP contribution in [0.2, 0.25) is 0 Å². The van der Waals surface area contributed by atoms with Crippen molar-refractivity contribution in [3.63, 3.8) is 0 Å². The number of hydrogen-bond acceptors (Lipinski definition) is 4. The topological polar surface area (TPSA) is 70.6 Å². The number of pyridine rings is 1. The maximum absolute atomic E-state index is 13.5. The standard InChI is InChI=1S/C22H23N3O3/c1-13-5-6-14-3-2-4-18(21(14)23-13)22(28)24-15-7-8-16(24)12-17(11-15)25-19(26)9-10-20(25)27/h2-6,15-17H,7-12H2,1H3/t15-,16-/m0/s1. The van der Waals surface area contributed by atoms with Crippen LogP contribution in [-0.4, -0.2) is 50.6 Å². The number of imide groups is 1. The van der Waals surface area contributed by atoms with Gasteiger partial charge in [0.1, 0.15) is 0 Å². The zero-order chi connectivity index (χ0) is 19.4. The smallest absolute Gasteiger partial charge is 0.256 e. The summed E-state index contributed by atoms with van der Waals surface area (Å²) in [4.78, 5) is 45.9. The first-order chi connectivity index (χ1) is 13.5. The monoisotopic (exact) mass is 377 g/mol. The van der Waals surface area contributed by atoms with Gasteiger partial charge in [0.25, 0.3) is 5.91 Å². The molecule has 1 aromatic heterocycles. The highest BCUT2D eigenvalue weighted by molar-refractivity contribution is 6.06. The van der Waals surface area contributed by atoms with E-state index in [9.17, 15) is 14.4 Å². The first-order valence-electron chi connectivity index (χ1n) is 10.1. The fourth-order valence-corrected chi connectivity index (χ4v) is 5.25. The van der Waals surface area contributed by atoms with Crippen LogP contribution in [0.1, 0.15) is 54.6 Å². The molecule has 0 saturated carbocycles. The van der Waals surface area contributed by atoms with Crippen molar-refractivity contribution < 1.29 is 14.4 Å². The molecule has 3 amide bonds. The Bertz CT molecular complexity index is 972. The first-order valence-corrected chi connectivity index (χ1v) is 10.1. The van der Waals surface area contributed by atoms with Gasteiger partial charge in [0.2, 0.25) is 11.8 Å². The zero-order valence-electron chi connectivity index (χ0n) is 15.9. The van der Waals surface area contributed by atoms with Crippen LogP contribution in [0.25, 0.3) is 10.9 Å². The Kier molecular flexibility index (Phi) is 3.96. The largest absolute Gasteiger partial charge is 0.332 e. The summed E-state index contributed by atoms with van der Waals surface area (Å²) in [6, 6.07) is 9.80. The normalized spacial score (nSPS) is 27.1. The Morgan fingerprint density at radius 2 is 1.64 bits per heavy atom. The second-order valence-corrected chi connectivity index (χ2v) is 8.21. The molecule has 1 aromatic carbocycles. The third-order valence-electron chi connectivity index (χ3n) is 6.49. The van der Waals surface area contributed by atoms with E-state index >= 15 is 0 Å². The van der Waals surface area contributed by atoms with E-state index in [0.717, 1.165) is 29.4 Å². The first kappa shape index (κ1) is 17.3. The molecule has 0 aliphatic carbocycles. The highest BCUT2D eigenvalue weighted by Gasteiger charge is 2.48. The molecular formula is C22H23N3O3. The summed E-state index contributed by atoms with van der Waals surface area (Å²) in [6.45, 7) is 1.93. The number of rotatable bonds is 2. The molecule has 6 nitrogen and oxygen atoms in total. The van der Waals surface area contributed by atoms with Crippen molar-refractivity contribution in [1.82, 2.24) is 14.8 Å². The lowest BCUT2D eigenvalue weighted by molar-refractivity contribution is -0.142. The van der Waals surface area contributed by atoms with Crippen molar-refractivity contribution in [1.29, 1.82) is 0 Å². The highest BCUT2D eigenvalue weighted by Crippen LogP contribution is 2.40. The van der Waals surface area contributed by atoms with E-state index in [2.05, 4.69) is 4.98 Å². The number of nitrogens with zero attached hydrogens (tertiary/aromatic N) is 3. The predicted octanol–water partition coefficient (Wildman–Crippen LogP) is 2.83. The number of benzene rings is 1. The SMILES string of the molecule is Cc1ccc2cccc(C(=O)N3[C@H]4CC[C@H]3CC(N3C(=O)CCC3=O)C4)c2n1. The Hall–Kier alpha value is -2.76. The van der Waals surface area contributed by atoms with Gasteiger partial charge in [-0.1, -0.05) is 18.2 Å². The summed E-state index contributed by atoms with van der Waals surface area (Å²) in [6.07, 6.45) is 3.90. The Morgan fingerprint density at radius 1 is 0.964 bits per heavy atom. The predicted molar refractivity (Wildman–Crippen MR) is 104 cm³/mol. The number of para-hydroxylation sites is 1. The van der Waals surface area contributed by atoms with Crippen molar-refractivity contribution in [2.24, 2.45) is 0 Å². The summed E-state index contributed by atoms with van der Waals surface area (Å²) in [5.41, 5.74) is 2.28. The van der Waals surface area contributed by atoms with E-state index in [-0.39, 0.29) is 35.8 Å². The molecule has 0 N–H and O–H groups in total. The summed E-state index contributed by atoms with van der Waals surface area (Å²) >= 11 is 0. The van der Waals surface area contributed by atoms with Crippen LogP contribution in [0.15, 0.2) is 30.3 Å². The lowest BCUT2D eigenvalue weighted by Gasteiger charge is -2.41. The lowest BCUT2D eigenvalue weighted by atomic mass is 9.94. The summed E-state index contributed by atoms with van der Waals surface area (Å²) in [5, 5.41) is 0.965. The molecule has 3 aliphatic rings. The average Bonchev–Trinajstić information content (AvgIpc) is 3.15. The fraction of sp³-hybridized carbons (Fsp3) is 0.455. The molecule has 144 valence electrons. The number of likely N-dealkylation sites (tertiary alicyclic amines) is 1. The third kappa shape index (κ3) is 2.62. The van der Waals surface area contributed by atoms with Gasteiger partial charge in [-0.15, -0.1) is 0 Å². The Balaban J connectivity index is 1.44. The van der Waals surface area contributed by atoms with Crippen LogP contribution < -0.4 is 0 Å². The second-order valence-electron chi connectivity index (χ2n) is 8.21. The zero-order valence-corrected chi connectivity index (χ0v) is 15.9. The summed E-state index contributed by atoms with van der Waals surface area (Å²) in [5.74, 6) is -0.0838. The van der Waals surface area contributed by atoms with Crippen LogP contribution >= 0.6 is 0 Å². The van der Waals surface area contributed by atoms with E-state index in [1.54, 1.807) is 0 Å². The van der Waals surface area contributed by atoms with Gasteiger partial charge in [-0.2, -0.15) is 0 Å². The molecular weight excluding hydrogens is 354 g/mol. The minimum atomic E-state index is -0.0584. The molecule has 0 unspecified atom stereocenters. The summed E-state index contributed by atoms with van der Waals surface area (Å²) < 4.78 is 0. The van der Waals surface area contributed by atoms with Crippen LogP contribution in [0, 0.1) is 6.92 Å². The maximum Gasteiger partial charge on any atom is 0.256 e. The van der Waals surface area contributed by atoms with Crippen LogP contribution in [0.4, 0.5) is 0 Å². The minimum Gasteiger partial charge on any atom is -0.332 e. The van der Waals surface area contributed by atoms with E-state index in [1.807, 2.05) is 42.2 Å². The molecule has 2 atom stereocenters. The third-order valence-corrected chi connectivity index (χ3v) is 6.49. The number of amides is 3. The number of carbonyl (C=O) groups excluding carboxylic acids is 3. The average molecular weight is 377 g/mol. The Labute approximate surface area is 163 Å². The van der Waals surface area contributed by atoms with Gasteiger partial charge in [-0.05, 0) is 44.7 Å². The van der Waals surface area contributed by atoms with Gasteiger partial charge in [0.05, 0.1) is 11.1 Å². The van der Waals surface area contributed by atoms with Gasteiger partial charge in [-0.3, -0.25) is 24.3 Å². The van der Waals surface area contributed by atoms with E-state index in [1.165, 1.54) is 4.90 Å². The number of aromatic nitrogens is 1. The van der Waals surface area contributed by atoms with E-state index < -0.39 is 0 Å². The fourth-order valence-electron chi connectivity index (χ4n) is 5.25. The van der Waals surface area contributed by atoms with Gasteiger partial charge in [-0.25, -0.2) is 0 Å². The van der Waals surface area contributed by atoms with Crippen molar-refractivity contribution in [2.75, 3.05) is 0 Å². The number of hydrogen-bond donors (Lipinski definition) is 0. The second kappa shape index (κ2) is 6.40. The summed E-state index contributed by atoms with van der Waals surface area (Å²) in [7, 11) is 0. The van der Waals surface area contributed by atoms with Gasteiger partial charge in [0, 0.05) is 42.0 Å². The molecule has 28 heavy (non-hydrogen) atoms. The van der Waals surface area contributed by atoms with Crippen molar-refractivity contribution >= 4 is 28.6 Å². The minimum absolute atomic E-state index is 0.0220. The van der Waals surface area contributed by atoms with Gasteiger partial charge >= 0.3 is 0 Å². The van der Waals surface area contributed by atoms with Gasteiger partial charge in [0.15, 0.2) is 0 Å². The Morgan fingerprint density at radius 3 is 2.32 bits per heavy atom. The number of fused-ring (bicyclic) bond motifs is 3. The van der Waals surface area contributed by atoms with E-state index in [4.69, 9.17) is 0 Å². The van der Waals surface area contributed by atoms with Crippen molar-refractivity contribution in [2.45, 2.75) is 63.6 Å². The van der Waals surface area contributed by atoms with E-state index in [0.29, 0.717) is 31.2 Å². The molecule has 5 rings (SSSR count). The highest BCUT2D eigenvalue weighted by atomic mass is 16.2.